The van der Waals surface area contributed by atoms with Gasteiger partial charge in [-0.15, -0.1) is 10.2 Å². The van der Waals surface area contributed by atoms with Gasteiger partial charge in [-0.3, -0.25) is 4.79 Å². The number of methoxy groups -OCH3 is 1. The fourth-order valence-corrected chi connectivity index (χ4v) is 3.63. The van der Waals surface area contributed by atoms with Crippen LogP contribution in [-0.4, -0.2) is 72.4 Å². The zero-order valence-corrected chi connectivity index (χ0v) is 15.5. The molecule has 0 aromatic carbocycles. The fraction of sp³-hybridized carbons (Fsp3) is 0.474. The summed E-state index contributed by atoms with van der Waals surface area (Å²) in [5, 5.41) is 8.79. The molecule has 0 radical (unpaired) electrons. The Labute approximate surface area is 158 Å². The van der Waals surface area contributed by atoms with Crippen LogP contribution in [0, 0.1) is 0 Å². The van der Waals surface area contributed by atoms with E-state index in [0.717, 1.165) is 37.8 Å². The average Bonchev–Trinajstić information content (AvgIpc) is 3.28. The standard InChI is InChI=1S/C19H24N6O2/c1-27-18-15(5-4-8-20-18)19(26)25-13-11-24(12-14-25)17-7-6-16(21-22-17)23-9-2-3-10-23/h4-8H,2-3,9-14H2,1H3. The van der Waals surface area contributed by atoms with Gasteiger partial charge in [0.2, 0.25) is 5.88 Å². The molecule has 8 nitrogen and oxygen atoms in total. The summed E-state index contributed by atoms with van der Waals surface area (Å²) in [6, 6.07) is 7.58. The van der Waals surface area contributed by atoms with Gasteiger partial charge in [0.05, 0.1) is 7.11 Å². The number of amides is 1. The minimum Gasteiger partial charge on any atom is -0.480 e. The van der Waals surface area contributed by atoms with E-state index in [-0.39, 0.29) is 5.91 Å². The first-order valence-electron chi connectivity index (χ1n) is 9.38. The second-order valence-corrected chi connectivity index (χ2v) is 6.78. The van der Waals surface area contributed by atoms with Crippen LogP contribution in [0.5, 0.6) is 5.88 Å². The fourth-order valence-electron chi connectivity index (χ4n) is 3.63. The smallest absolute Gasteiger partial charge is 0.259 e. The molecule has 4 heterocycles. The lowest BCUT2D eigenvalue weighted by Crippen LogP contribution is -2.49. The summed E-state index contributed by atoms with van der Waals surface area (Å²) in [4.78, 5) is 23.2. The lowest BCUT2D eigenvalue weighted by Gasteiger charge is -2.35. The van der Waals surface area contributed by atoms with Crippen molar-refractivity contribution in [2.75, 3.05) is 56.2 Å². The Hall–Kier alpha value is -2.90. The van der Waals surface area contributed by atoms with Crippen molar-refractivity contribution in [2.24, 2.45) is 0 Å². The summed E-state index contributed by atoms with van der Waals surface area (Å²) < 4.78 is 5.21. The molecule has 8 heteroatoms. The number of pyridine rings is 1. The second-order valence-electron chi connectivity index (χ2n) is 6.78. The highest BCUT2D eigenvalue weighted by atomic mass is 16.5. The van der Waals surface area contributed by atoms with Gasteiger partial charge in [0.15, 0.2) is 11.6 Å². The van der Waals surface area contributed by atoms with Crippen molar-refractivity contribution in [3.05, 3.63) is 36.0 Å². The summed E-state index contributed by atoms with van der Waals surface area (Å²) >= 11 is 0. The minimum absolute atomic E-state index is 0.0462. The molecule has 2 aliphatic heterocycles. The molecule has 0 unspecified atom stereocenters. The van der Waals surface area contributed by atoms with Crippen molar-refractivity contribution in [3.63, 3.8) is 0 Å². The van der Waals surface area contributed by atoms with Gasteiger partial charge in [-0.25, -0.2) is 4.98 Å². The van der Waals surface area contributed by atoms with E-state index >= 15 is 0 Å². The molecule has 0 N–H and O–H groups in total. The van der Waals surface area contributed by atoms with Crippen molar-refractivity contribution in [2.45, 2.75) is 12.8 Å². The summed E-state index contributed by atoms with van der Waals surface area (Å²) in [6.07, 6.45) is 4.07. The molecular formula is C19H24N6O2. The van der Waals surface area contributed by atoms with Crippen molar-refractivity contribution in [1.29, 1.82) is 0 Å². The van der Waals surface area contributed by atoms with Gasteiger partial charge < -0.3 is 19.4 Å². The molecule has 0 aliphatic carbocycles. The van der Waals surface area contributed by atoms with Crippen LogP contribution >= 0.6 is 0 Å². The lowest BCUT2D eigenvalue weighted by molar-refractivity contribution is 0.0742. The van der Waals surface area contributed by atoms with E-state index in [1.165, 1.54) is 20.0 Å². The van der Waals surface area contributed by atoms with Crippen LogP contribution < -0.4 is 14.5 Å². The van der Waals surface area contributed by atoms with Crippen molar-refractivity contribution in [1.82, 2.24) is 20.1 Å². The Balaban J connectivity index is 1.38. The number of rotatable bonds is 4. The average molecular weight is 368 g/mol. The molecule has 2 aromatic heterocycles. The highest BCUT2D eigenvalue weighted by Crippen LogP contribution is 2.21. The maximum absolute atomic E-state index is 12.8. The highest BCUT2D eigenvalue weighted by molar-refractivity contribution is 5.96. The van der Waals surface area contributed by atoms with E-state index in [9.17, 15) is 4.79 Å². The third-order valence-electron chi connectivity index (χ3n) is 5.15. The first kappa shape index (κ1) is 17.5. The monoisotopic (exact) mass is 368 g/mol. The van der Waals surface area contributed by atoms with E-state index in [4.69, 9.17) is 4.74 Å². The summed E-state index contributed by atoms with van der Waals surface area (Å²) in [6.45, 7) is 4.84. The van der Waals surface area contributed by atoms with E-state index in [1.807, 2.05) is 17.0 Å². The Morgan fingerprint density at radius 2 is 1.56 bits per heavy atom. The Morgan fingerprint density at radius 1 is 0.926 bits per heavy atom. The second kappa shape index (κ2) is 7.77. The molecule has 1 amide bonds. The van der Waals surface area contributed by atoms with E-state index in [1.54, 1.807) is 18.3 Å². The largest absolute Gasteiger partial charge is 0.480 e. The predicted octanol–water partition coefficient (Wildman–Crippen LogP) is 1.44. The quantitative estimate of drug-likeness (QED) is 0.808. The third kappa shape index (κ3) is 3.65. The minimum atomic E-state index is -0.0462. The topological polar surface area (TPSA) is 74.7 Å². The molecule has 2 fully saturated rings. The zero-order valence-electron chi connectivity index (χ0n) is 15.5. The molecule has 0 spiro atoms. The van der Waals surface area contributed by atoms with Crippen molar-refractivity contribution < 1.29 is 9.53 Å². The molecule has 4 rings (SSSR count). The number of aromatic nitrogens is 3. The highest BCUT2D eigenvalue weighted by Gasteiger charge is 2.25. The van der Waals surface area contributed by atoms with E-state index < -0.39 is 0 Å². The number of hydrogen-bond donors (Lipinski definition) is 0. The molecule has 2 aromatic rings. The van der Waals surface area contributed by atoms with Gasteiger partial charge in [-0.05, 0) is 37.1 Å². The number of hydrogen-bond acceptors (Lipinski definition) is 7. The predicted molar refractivity (Wildman–Crippen MR) is 102 cm³/mol. The van der Waals surface area contributed by atoms with Gasteiger partial charge in [0.25, 0.3) is 5.91 Å². The lowest BCUT2D eigenvalue weighted by atomic mass is 10.2. The van der Waals surface area contributed by atoms with E-state index in [2.05, 4.69) is 25.0 Å². The normalized spacial score (nSPS) is 17.3. The first-order valence-corrected chi connectivity index (χ1v) is 9.38. The van der Waals surface area contributed by atoms with Gasteiger partial charge >= 0.3 is 0 Å². The van der Waals surface area contributed by atoms with Gasteiger partial charge in [0, 0.05) is 45.5 Å². The Bertz CT molecular complexity index is 783. The summed E-state index contributed by atoms with van der Waals surface area (Å²) in [5.74, 6) is 2.14. The van der Waals surface area contributed by atoms with Crippen LogP contribution in [0.15, 0.2) is 30.5 Å². The SMILES string of the molecule is COc1ncccc1C(=O)N1CCN(c2ccc(N3CCCC3)nn2)CC1. The van der Waals surface area contributed by atoms with Crippen LogP contribution in [-0.2, 0) is 0 Å². The maximum atomic E-state index is 12.8. The Kier molecular flexibility index (Phi) is 5.04. The molecular weight excluding hydrogens is 344 g/mol. The molecule has 0 atom stereocenters. The van der Waals surface area contributed by atoms with Crippen molar-refractivity contribution in [3.8, 4) is 5.88 Å². The summed E-state index contributed by atoms with van der Waals surface area (Å²) in [7, 11) is 1.53. The zero-order chi connectivity index (χ0) is 18.6. The van der Waals surface area contributed by atoms with Gasteiger partial charge in [-0.2, -0.15) is 0 Å². The van der Waals surface area contributed by atoms with Crippen LogP contribution in [0.4, 0.5) is 11.6 Å². The Morgan fingerprint density at radius 3 is 2.15 bits per heavy atom. The summed E-state index contributed by atoms with van der Waals surface area (Å²) in [5.41, 5.74) is 0.503. The molecule has 2 aliphatic rings. The van der Waals surface area contributed by atoms with E-state index in [0.29, 0.717) is 24.5 Å². The van der Waals surface area contributed by atoms with Crippen LogP contribution in [0.3, 0.4) is 0 Å². The number of nitrogens with zero attached hydrogens (tertiary/aromatic N) is 6. The number of carbonyl (C=O) groups excluding carboxylic acids is 1. The van der Waals surface area contributed by atoms with Gasteiger partial charge in [0.1, 0.15) is 5.56 Å². The number of ether oxygens (including phenoxy) is 1. The molecule has 2 saturated heterocycles. The van der Waals surface area contributed by atoms with Crippen LogP contribution in [0.1, 0.15) is 23.2 Å². The van der Waals surface area contributed by atoms with Crippen LogP contribution in [0.25, 0.3) is 0 Å². The molecule has 142 valence electrons. The number of carbonyl (C=O) groups is 1. The van der Waals surface area contributed by atoms with Crippen molar-refractivity contribution >= 4 is 17.5 Å². The molecule has 0 bridgehead atoms. The first-order chi connectivity index (χ1) is 13.3. The molecule has 27 heavy (non-hydrogen) atoms. The number of anilines is 2. The molecule has 0 saturated carbocycles. The van der Waals surface area contributed by atoms with Gasteiger partial charge in [-0.1, -0.05) is 0 Å². The maximum Gasteiger partial charge on any atom is 0.259 e. The third-order valence-corrected chi connectivity index (χ3v) is 5.15. The van der Waals surface area contributed by atoms with Crippen LogP contribution in [0.2, 0.25) is 0 Å². The number of piperazine rings is 1.